The number of ether oxygens (including phenoxy) is 4. The third kappa shape index (κ3) is 12.1. The molecule has 13 nitrogen and oxygen atoms in total. The molecule has 4 aliphatic heterocycles. The standard InChI is InChI=1S/C49H56Cl4N6O7/c50-39-7-5-9-41(47(39)52)56-25-21-54(22-26-56)19-1-3-29-63-37-15-11-35-13-17-45(60)58(43(35)31-37)33-65-49(62)66-34-59-44-32-38(16-12-36(44)14-18-46(59)61)64-30-4-2-20-55-23-27-57(28-24-55)42-10-6-8-40(51)48(42)53/h5-12,15-16,31-32H,1-4,13-14,17-30,33-34H2. The molecule has 352 valence electrons. The Kier molecular flexibility index (Phi) is 16.6. The van der Waals surface area contributed by atoms with Crippen LogP contribution in [-0.2, 0) is 31.9 Å². The number of aryl methyl sites for hydroxylation is 2. The molecule has 66 heavy (non-hydrogen) atoms. The van der Waals surface area contributed by atoms with Crippen LogP contribution in [0.3, 0.4) is 0 Å². The lowest BCUT2D eigenvalue weighted by atomic mass is 10.0. The Balaban J connectivity index is 0.744. The van der Waals surface area contributed by atoms with Gasteiger partial charge in [0.05, 0.1) is 56.1 Å². The van der Waals surface area contributed by atoms with Gasteiger partial charge in [-0.25, -0.2) is 4.79 Å². The smallest absolute Gasteiger partial charge is 0.494 e. The highest BCUT2D eigenvalue weighted by Crippen LogP contribution is 2.36. The first-order valence-corrected chi connectivity index (χ1v) is 24.4. The molecular formula is C49H56Cl4N6O7. The van der Waals surface area contributed by atoms with Crippen molar-refractivity contribution in [3.63, 3.8) is 0 Å². The highest BCUT2D eigenvalue weighted by molar-refractivity contribution is 6.44. The van der Waals surface area contributed by atoms with Gasteiger partial charge in [0.1, 0.15) is 11.5 Å². The summed E-state index contributed by atoms with van der Waals surface area (Å²) in [6, 6.07) is 22.9. The van der Waals surface area contributed by atoms with Crippen molar-refractivity contribution in [1.82, 2.24) is 9.80 Å². The third-order valence-corrected chi connectivity index (χ3v) is 14.3. The van der Waals surface area contributed by atoms with E-state index in [-0.39, 0.29) is 38.1 Å². The van der Waals surface area contributed by atoms with Gasteiger partial charge in [-0.2, -0.15) is 0 Å². The molecular weight excluding hydrogens is 926 g/mol. The number of unbranched alkanes of at least 4 members (excludes halogenated alkanes) is 2. The lowest BCUT2D eigenvalue weighted by molar-refractivity contribution is -0.120. The lowest BCUT2D eigenvalue weighted by Crippen LogP contribution is -2.46. The molecule has 0 saturated carbocycles. The van der Waals surface area contributed by atoms with Gasteiger partial charge in [-0.15, -0.1) is 0 Å². The fourth-order valence-corrected chi connectivity index (χ4v) is 9.76. The average molecular weight is 983 g/mol. The van der Waals surface area contributed by atoms with E-state index in [0.717, 1.165) is 114 Å². The second-order valence-electron chi connectivity index (χ2n) is 16.9. The predicted octanol–water partition coefficient (Wildman–Crippen LogP) is 9.59. The van der Waals surface area contributed by atoms with Gasteiger partial charge in [0.15, 0.2) is 13.5 Å². The van der Waals surface area contributed by atoms with E-state index in [1.54, 1.807) is 0 Å². The third-order valence-electron chi connectivity index (χ3n) is 12.7. The second-order valence-corrected chi connectivity index (χ2v) is 18.5. The van der Waals surface area contributed by atoms with Crippen LogP contribution in [0, 0.1) is 0 Å². The van der Waals surface area contributed by atoms with Crippen molar-refractivity contribution < 1.29 is 33.3 Å². The van der Waals surface area contributed by atoms with E-state index < -0.39 is 6.16 Å². The number of piperazine rings is 2. The number of benzene rings is 4. The molecule has 4 aromatic rings. The van der Waals surface area contributed by atoms with E-state index in [1.807, 2.05) is 72.8 Å². The van der Waals surface area contributed by atoms with Crippen molar-refractivity contribution in [3.05, 3.63) is 104 Å². The molecule has 0 bridgehead atoms. The van der Waals surface area contributed by atoms with Crippen molar-refractivity contribution in [3.8, 4) is 11.5 Å². The number of rotatable bonds is 18. The monoisotopic (exact) mass is 980 g/mol. The van der Waals surface area contributed by atoms with Crippen LogP contribution in [0.15, 0.2) is 72.8 Å². The van der Waals surface area contributed by atoms with Gasteiger partial charge in [0.2, 0.25) is 11.8 Å². The van der Waals surface area contributed by atoms with Gasteiger partial charge in [0, 0.05) is 77.3 Å². The Morgan fingerprint density at radius 2 is 0.924 bits per heavy atom. The maximum absolute atomic E-state index is 13.1. The Morgan fingerprint density at radius 1 is 0.500 bits per heavy atom. The summed E-state index contributed by atoms with van der Waals surface area (Å²) < 4.78 is 23.2. The van der Waals surface area contributed by atoms with Gasteiger partial charge in [-0.3, -0.25) is 29.2 Å². The minimum absolute atomic E-state index is 0.170. The first-order valence-electron chi connectivity index (χ1n) is 22.9. The summed E-state index contributed by atoms with van der Waals surface area (Å²) in [4.78, 5) is 51.5. The summed E-state index contributed by atoms with van der Waals surface area (Å²) >= 11 is 25.4. The van der Waals surface area contributed by atoms with E-state index >= 15 is 0 Å². The highest BCUT2D eigenvalue weighted by Gasteiger charge is 2.29. The molecule has 4 aliphatic rings. The molecule has 0 aromatic heterocycles. The van der Waals surface area contributed by atoms with E-state index in [2.05, 4.69) is 19.6 Å². The second kappa shape index (κ2) is 22.9. The molecule has 0 atom stereocenters. The molecule has 4 heterocycles. The maximum Gasteiger partial charge on any atom is 0.511 e. The average Bonchev–Trinajstić information content (AvgIpc) is 3.33. The van der Waals surface area contributed by atoms with Crippen LogP contribution in [0.4, 0.5) is 27.5 Å². The number of nitrogens with zero attached hydrogens (tertiary/aromatic N) is 6. The van der Waals surface area contributed by atoms with E-state index in [9.17, 15) is 14.4 Å². The molecule has 0 N–H and O–H groups in total. The summed E-state index contributed by atoms with van der Waals surface area (Å²) in [7, 11) is 0. The van der Waals surface area contributed by atoms with E-state index in [4.69, 9.17) is 65.4 Å². The first-order chi connectivity index (χ1) is 32.1. The number of carbonyl (C=O) groups is 3. The van der Waals surface area contributed by atoms with Crippen LogP contribution in [0.5, 0.6) is 11.5 Å². The minimum Gasteiger partial charge on any atom is -0.494 e. The minimum atomic E-state index is -0.987. The van der Waals surface area contributed by atoms with Crippen LogP contribution < -0.4 is 29.1 Å². The Morgan fingerprint density at radius 3 is 1.35 bits per heavy atom. The summed E-state index contributed by atoms with van der Waals surface area (Å²) in [5, 5.41) is 2.35. The van der Waals surface area contributed by atoms with E-state index in [0.29, 0.717) is 69.0 Å². The fraction of sp³-hybridized carbons (Fsp3) is 0.449. The van der Waals surface area contributed by atoms with Crippen LogP contribution in [0.2, 0.25) is 20.1 Å². The SMILES string of the molecule is O=C(OCN1C(=O)CCc2ccc(OCCCCN3CCN(c4cccc(Cl)c4Cl)CC3)cc21)OCN1C(=O)CCc2ccc(OCCCCN3CCN(c4cccc(Cl)c4Cl)CC3)cc21. The zero-order chi connectivity index (χ0) is 46.0. The number of amides is 2. The summed E-state index contributed by atoms with van der Waals surface area (Å²) in [6.45, 7) is 9.66. The summed E-state index contributed by atoms with van der Waals surface area (Å²) in [5.74, 6) is 0.938. The molecule has 2 fully saturated rings. The normalized spacial score (nSPS) is 16.8. The molecule has 17 heteroatoms. The fourth-order valence-electron chi connectivity index (χ4n) is 8.93. The van der Waals surface area contributed by atoms with Crippen molar-refractivity contribution >= 4 is 87.1 Å². The molecule has 2 amide bonds. The van der Waals surface area contributed by atoms with Crippen molar-refractivity contribution in [2.75, 3.05) is 112 Å². The lowest BCUT2D eigenvalue weighted by Gasteiger charge is -2.36. The van der Waals surface area contributed by atoms with Gasteiger partial charge in [-0.1, -0.05) is 70.7 Å². The van der Waals surface area contributed by atoms with Crippen LogP contribution >= 0.6 is 46.4 Å². The quantitative estimate of drug-likeness (QED) is 0.0703. The number of halogens is 4. The number of carbonyl (C=O) groups excluding carboxylic acids is 3. The zero-order valence-electron chi connectivity index (χ0n) is 37.0. The van der Waals surface area contributed by atoms with Crippen LogP contribution in [0.25, 0.3) is 0 Å². The topological polar surface area (TPSA) is 108 Å². The predicted molar refractivity (Wildman–Crippen MR) is 261 cm³/mol. The van der Waals surface area contributed by atoms with Crippen molar-refractivity contribution in [1.29, 1.82) is 0 Å². The van der Waals surface area contributed by atoms with E-state index in [1.165, 1.54) is 9.80 Å². The van der Waals surface area contributed by atoms with Gasteiger partial charge in [-0.05, 0) is 99.1 Å². The largest absolute Gasteiger partial charge is 0.511 e. The molecule has 0 spiro atoms. The Bertz CT molecular complexity index is 2180. The summed E-state index contributed by atoms with van der Waals surface area (Å²) in [6.07, 6.45) is 4.45. The first kappa shape index (κ1) is 47.8. The molecule has 4 aromatic carbocycles. The van der Waals surface area contributed by atoms with Crippen molar-refractivity contribution in [2.45, 2.75) is 51.4 Å². The van der Waals surface area contributed by atoms with Crippen LogP contribution in [-0.4, -0.2) is 120 Å². The zero-order valence-corrected chi connectivity index (χ0v) is 40.1. The number of anilines is 4. The maximum atomic E-state index is 13.1. The Hall–Kier alpha value is -4.63. The molecule has 8 rings (SSSR count). The van der Waals surface area contributed by atoms with Gasteiger partial charge in [0.25, 0.3) is 0 Å². The summed E-state index contributed by atoms with van der Waals surface area (Å²) in [5.41, 5.74) is 5.16. The van der Waals surface area contributed by atoms with Crippen molar-refractivity contribution in [2.24, 2.45) is 0 Å². The van der Waals surface area contributed by atoms with Crippen LogP contribution in [0.1, 0.15) is 49.7 Å². The molecule has 2 saturated heterocycles. The molecule has 0 aliphatic carbocycles. The molecule has 0 radical (unpaired) electrons. The Labute approximate surface area is 406 Å². The number of hydrogen-bond donors (Lipinski definition) is 0. The number of hydrogen-bond acceptors (Lipinski definition) is 11. The molecule has 0 unspecified atom stereocenters. The van der Waals surface area contributed by atoms with Gasteiger partial charge < -0.3 is 28.7 Å². The van der Waals surface area contributed by atoms with Gasteiger partial charge >= 0.3 is 6.16 Å². The number of fused-ring (bicyclic) bond motifs is 2. The highest BCUT2D eigenvalue weighted by atomic mass is 35.5.